The van der Waals surface area contributed by atoms with Gasteiger partial charge in [-0.3, -0.25) is 4.79 Å². The van der Waals surface area contributed by atoms with Gasteiger partial charge in [0.05, 0.1) is 11.4 Å². The third-order valence-electron chi connectivity index (χ3n) is 7.56. The number of thiazole rings is 1. The van der Waals surface area contributed by atoms with E-state index in [9.17, 15) is 13.2 Å². The molecule has 0 N–H and O–H groups in total. The van der Waals surface area contributed by atoms with Crippen molar-refractivity contribution in [3.05, 3.63) is 109 Å². The molecule has 0 spiro atoms. The molecule has 5 rings (SSSR count). The summed E-state index contributed by atoms with van der Waals surface area (Å²) in [6.07, 6.45) is 3.02. The van der Waals surface area contributed by atoms with Crippen LogP contribution in [0.25, 0.3) is 0 Å². The zero-order valence-corrected chi connectivity index (χ0v) is 26.6. The predicted molar refractivity (Wildman–Crippen MR) is 173 cm³/mol. The lowest BCUT2D eigenvalue weighted by molar-refractivity contribution is -0.123. The lowest BCUT2D eigenvalue weighted by Crippen LogP contribution is -2.68. The topological polar surface area (TPSA) is 79.8 Å². The molecule has 10 heteroatoms. The van der Waals surface area contributed by atoms with E-state index < -0.39 is 24.4 Å². The Balaban J connectivity index is 1.43. The van der Waals surface area contributed by atoms with Crippen LogP contribution in [-0.4, -0.2) is 46.8 Å². The van der Waals surface area contributed by atoms with Crippen molar-refractivity contribution in [3.63, 3.8) is 0 Å². The van der Waals surface area contributed by atoms with Gasteiger partial charge in [-0.2, -0.15) is 0 Å². The maximum absolute atomic E-state index is 13.9. The number of carbonyl (C=O) groups excluding carboxylic acids is 1. The van der Waals surface area contributed by atoms with Crippen LogP contribution < -0.4 is 19.6 Å². The van der Waals surface area contributed by atoms with Gasteiger partial charge < -0.3 is 9.33 Å². The van der Waals surface area contributed by atoms with Crippen LogP contribution in [0.1, 0.15) is 27.2 Å². The van der Waals surface area contributed by atoms with Crippen molar-refractivity contribution in [2.45, 2.75) is 43.2 Å². The van der Waals surface area contributed by atoms with Crippen LogP contribution in [0.5, 0.6) is 0 Å². The lowest BCUT2D eigenvalue weighted by atomic mass is 10.2. The summed E-state index contributed by atoms with van der Waals surface area (Å²) in [5.74, 6) is -0.116. The number of rotatable bonds is 10. The van der Waals surface area contributed by atoms with E-state index in [1.54, 1.807) is 28.6 Å². The molecule has 4 aromatic rings. The van der Waals surface area contributed by atoms with Crippen molar-refractivity contribution in [3.8, 4) is 0 Å². The molecule has 0 unspecified atom stereocenters. The maximum atomic E-state index is 13.9. The van der Waals surface area contributed by atoms with E-state index in [-0.39, 0.29) is 22.4 Å². The van der Waals surface area contributed by atoms with Gasteiger partial charge in [0, 0.05) is 23.8 Å². The Labute approximate surface area is 253 Å². The van der Waals surface area contributed by atoms with Gasteiger partial charge in [0.1, 0.15) is 6.10 Å². The number of hydrogen-bond donors (Lipinski definition) is 0. The molecule has 1 amide bonds. The van der Waals surface area contributed by atoms with Crippen LogP contribution in [0.3, 0.4) is 0 Å². The number of carbonyl (C=O) groups is 1. The fourth-order valence-corrected chi connectivity index (χ4v) is 12.5. The molecular weight excluding hydrogens is 583 g/mol. The molecule has 0 radical (unpaired) electrons. The molecule has 1 saturated heterocycles. The molecular formula is C32H35N3O4S2Si. The average Bonchev–Trinajstić information content (AvgIpc) is 3.65. The van der Waals surface area contributed by atoms with Crippen LogP contribution >= 0.6 is 11.3 Å². The van der Waals surface area contributed by atoms with E-state index in [0.717, 1.165) is 10.4 Å². The van der Waals surface area contributed by atoms with Crippen molar-refractivity contribution in [2.75, 3.05) is 22.3 Å². The Morgan fingerprint density at radius 2 is 1.62 bits per heavy atom. The van der Waals surface area contributed by atoms with Crippen LogP contribution in [0, 0.1) is 0 Å². The number of hydrogen-bond acceptors (Lipinski definition) is 6. The molecule has 1 aliphatic rings. The minimum Gasteiger partial charge on any atom is -0.395 e. The van der Waals surface area contributed by atoms with E-state index in [4.69, 9.17) is 4.43 Å². The Bertz CT molecular complexity index is 1580. The first-order valence-corrected chi connectivity index (χ1v) is 18.1. The highest BCUT2D eigenvalue weighted by atomic mass is 32.2. The minimum atomic E-state index is -3.87. The first kappa shape index (κ1) is 29.9. The van der Waals surface area contributed by atoms with Gasteiger partial charge in [-0.05, 0) is 46.1 Å². The largest absolute Gasteiger partial charge is 0.395 e. The smallest absolute Gasteiger partial charge is 0.266 e. The Morgan fingerprint density at radius 3 is 2.12 bits per heavy atom. The van der Waals surface area contributed by atoms with Crippen LogP contribution in [0.2, 0.25) is 5.04 Å². The molecule has 0 saturated carbocycles. The second-order valence-corrected chi connectivity index (χ2v) is 18.2. The number of benzene rings is 3. The summed E-state index contributed by atoms with van der Waals surface area (Å²) in [5, 5.41) is 4.09. The van der Waals surface area contributed by atoms with Gasteiger partial charge in [-0.15, -0.1) is 17.9 Å². The summed E-state index contributed by atoms with van der Waals surface area (Å²) in [6, 6.07) is 27.0. The van der Waals surface area contributed by atoms with Gasteiger partial charge >= 0.3 is 0 Å². The molecule has 3 aromatic carbocycles. The van der Waals surface area contributed by atoms with E-state index in [0.29, 0.717) is 23.8 Å². The minimum absolute atomic E-state index is 0.101. The number of nitrogens with zero attached hydrogens (tertiary/aromatic N) is 3. The summed E-state index contributed by atoms with van der Waals surface area (Å²) in [7, 11) is -6.78. The van der Waals surface area contributed by atoms with Crippen molar-refractivity contribution in [1.82, 2.24) is 4.98 Å². The third kappa shape index (κ3) is 5.47. The molecule has 0 bridgehead atoms. The van der Waals surface area contributed by atoms with E-state index in [2.05, 4.69) is 56.6 Å². The summed E-state index contributed by atoms with van der Waals surface area (Å²) < 4.78 is 35.2. The molecule has 2 heterocycles. The SMILES string of the molecule is C=CCN(c1nccs1)S(=O)(=O)c1ccc(N2CC[C@@H](O[Si](c3ccccc3)(c3ccccc3)C(C)(C)C)C2=O)cc1. The Morgan fingerprint density at radius 1 is 1.02 bits per heavy atom. The number of amides is 1. The van der Waals surface area contributed by atoms with E-state index >= 15 is 0 Å². The van der Waals surface area contributed by atoms with Gasteiger partial charge in [0.15, 0.2) is 5.13 Å². The molecule has 7 nitrogen and oxygen atoms in total. The molecule has 42 heavy (non-hydrogen) atoms. The first-order valence-electron chi connectivity index (χ1n) is 13.8. The predicted octanol–water partition coefficient (Wildman–Crippen LogP) is 5.21. The zero-order chi connectivity index (χ0) is 30.0. The number of sulfonamides is 1. The van der Waals surface area contributed by atoms with Gasteiger partial charge in [-0.25, -0.2) is 17.7 Å². The van der Waals surface area contributed by atoms with Gasteiger partial charge in [0.25, 0.3) is 24.2 Å². The fourth-order valence-electron chi connectivity index (χ4n) is 5.58. The third-order valence-corrected chi connectivity index (χ3v) is 15.3. The van der Waals surface area contributed by atoms with Gasteiger partial charge in [0.2, 0.25) is 0 Å². The first-order chi connectivity index (χ1) is 20.1. The second-order valence-electron chi connectivity index (χ2n) is 11.2. The van der Waals surface area contributed by atoms with Crippen LogP contribution in [0.4, 0.5) is 10.8 Å². The highest BCUT2D eigenvalue weighted by molar-refractivity contribution is 7.93. The van der Waals surface area contributed by atoms with Crippen molar-refractivity contribution < 1.29 is 17.6 Å². The average molecular weight is 618 g/mol. The van der Waals surface area contributed by atoms with Crippen molar-refractivity contribution in [2.24, 2.45) is 0 Å². The Kier molecular flexibility index (Phi) is 8.52. The molecule has 1 aromatic heterocycles. The Hall–Kier alpha value is -3.57. The fraction of sp³-hybridized carbons (Fsp3) is 0.250. The molecule has 1 aliphatic heterocycles. The number of anilines is 2. The highest BCUT2D eigenvalue weighted by Gasteiger charge is 2.53. The summed E-state index contributed by atoms with van der Waals surface area (Å²) >= 11 is 1.24. The molecule has 0 aliphatic carbocycles. The van der Waals surface area contributed by atoms with Crippen molar-refractivity contribution in [1.29, 1.82) is 0 Å². The second kappa shape index (κ2) is 12.0. The monoisotopic (exact) mass is 617 g/mol. The van der Waals surface area contributed by atoms with Crippen molar-refractivity contribution >= 4 is 56.8 Å². The quantitative estimate of drug-likeness (QED) is 0.180. The van der Waals surface area contributed by atoms with Crippen LogP contribution in [-0.2, 0) is 19.2 Å². The number of aromatic nitrogens is 1. The van der Waals surface area contributed by atoms with E-state index in [1.807, 2.05) is 36.4 Å². The lowest BCUT2D eigenvalue weighted by Gasteiger charge is -2.44. The molecule has 218 valence electrons. The van der Waals surface area contributed by atoms with Crippen LogP contribution in [0.15, 0.2) is 114 Å². The van der Waals surface area contributed by atoms with E-state index in [1.165, 1.54) is 33.9 Å². The highest BCUT2D eigenvalue weighted by Crippen LogP contribution is 2.39. The maximum Gasteiger partial charge on any atom is 0.266 e. The normalized spacial score (nSPS) is 16.0. The standard InChI is InChI=1S/C32H35N3O4S2Si/c1-5-22-35(31-33-21-24-40-31)41(37,38)26-18-16-25(17-19-26)34-23-20-29(30(34)36)39-42(32(2,3)4,27-12-8-6-9-13-27)28-14-10-7-11-15-28/h5-19,21,24,29H,1,20,22-23H2,2-4H3/t29-/m1/s1. The van der Waals surface area contributed by atoms with Gasteiger partial charge in [-0.1, -0.05) is 87.5 Å². The molecule has 1 atom stereocenters. The summed E-state index contributed by atoms with van der Waals surface area (Å²) in [6.45, 7) is 10.9. The summed E-state index contributed by atoms with van der Waals surface area (Å²) in [5.41, 5.74) is 0.636. The zero-order valence-electron chi connectivity index (χ0n) is 24.0. The summed E-state index contributed by atoms with van der Waals surface area (Å²) in [4.78, 5) is 19.9. The molecule has 1 fully saturated rings.